The normalized spacial score (nSPS) is 9.50. The fourth-order valence-corrected chi connectivity index (χ4v) is 1.12. The molecule has 4 N–H and O–H groups in total. The summed E-state index contributed by atoms with van der Waals surface area (Å²) in [5.74, 6) is -0.343. The highest BCUT2D eigenvalue weighted by Gasteiger charge is 2.04. The first-order valence-electron chi connectivity index (χ1n) is 3.93. The molecule has 0 bridgehead atoms. The van der Waals surface area contributed by atoms with Crippen molar-refractivity contribution in [2.24, 2.45) is 5.73 Å². The van der Waals surface area contributed by atoms with Gasteiger partial charge in [0.25, 0.3) is 5.91 Å². The second-order valence-corrected chi connectivity index (χ2v) is 2.97. The summed E-state index contributed by atoms with van der Waals surface area (Å²) in [6.45, 7) is 0. The lowest BCUT2D eigenvalue weighted by Gasteiger charge is -2.02. The summed E-state index contributed by atoms with van der Waals surface area (Å²) in [7, 11) is 0. The lowest BCUT2D eigenvalue weighted by atomic mass is 10.1. The van der Waals surface area contributed by atoms with Crippen molar-refractivity contribution in [1.82, 2.24) is 5.32 Å². The van der Waals surface area contributed by atoms with Crippen LogP contribution in [0.4, 0.5) is 0 Å². The van der Waals surface area contributed by atoms with Gasteiger partial charge >= 0.3 is 0 Å². The Morgan fingerprint density at radius 2 is 2.00 bits per heavy atom. The summed E-state index contributed by atoms with van der Waals surface area (Å²) in [6, 6.07) is 6.77. The van der Waals surface area contributed by atoms with Crippen LogP contribution in [-0.2, 0) is 5.88 Å². The summed E-state index contributed by atoms with van der Waals surface area (Å²) < 4.78 is 0. The van der Waals surface area contributed by atoms with Crippen LogP contribution in [0.5, 0.6) is 0 Å². The molecule has 0 saturated heterocycles. The third kappa shape index (κ3) is 2.74. The zero-order valence-electron chi connectivity index (χ0n) is 7.38. The minimum Gasteiger partial charge on any atom is -0.370 e. The molecule has 0 aliphatic carbocycles. The van der Waals surface area contributed by atoms with Crippen LogP contribution in [0.1, 0.15) is 15.9 Å². The average Bonchev–Trinajstić information content (AvgIpc) is 2.17. The number of carbonyl (C=O) groups is 1. The number of rotatable bonds is 2. The third-order valence-electron chi connectivity index (χ3n) is 1.62. The Hall–Kier alpha value is -1.55. The molecule has 1 rings (SSSR count). The zero-order valence-corrected chi connectivity index (χ0v) is 8.14. The predicted molar refractivity (Wildman–Crippen MR) is 55.4 cm³/mol. The number of halogens is 1. The van der Waals surface area contributed by atoms with Gasteiger partial charge < -0.3 is 5.73 Å². The summed E-state index contributed by atoms with van der Waals surface area (Å²) in [5, 5.41) is 9.06. The summed E-state index contributed by atoms with van der Waals surface area (Å²) in [6.07, 6.45) is 0. The Bertz CT molecular complexity index is 348. The fraction of sp³-hybridized carbons (Fsp3) is 0.111. The van der Waals surface area contributed by atoms with Gasteiger partial charge in [-0.15, -0.1) is 11.6 Å². The molecule has 0 aliphatic heterocycles. The molecular formula is C9H10ClN3O. The predicted octanol–water partition coefficient (Wildman–Crippen LogP) is 1.05. The molecule has 4 nitrogen and oxygen atoms in total. The number of nitrogens with two attached hydrogens (primary N) is 1. The molecule has 0 radical (unpaired) electrons. The van der Waals surface area contributed by atoms with Gasteiger partial charge in [0.2, 0.25) is 0 Å². The molecule has 0 heterocycles. The third-order valence-corrected chi connectivity index (χ3v) is 1.93. The molecule has 0 spiro atoms. The highest BCUT2D eigenvalue weighted by molar-refractivity contribution is 6.17. The minimum absolute atomic E-state index is 0.364. The lowest BCUT2D eigenvalue weighted by molar-refractivity contribution is 0.0976. The number of nitrogens with one attached hydrogen (secondary N) is 2. The molecule has 0 saturated carbocycles. The van der Waals surface area contributed by atoms with E-state index in [1.165, 1.54) is 0 Å². The lowest BCUT2D eigenvalue weighted by Crippen LogP contribution is -2.35. The minimum atomic E-state index is -0.390. The topological polar surface area (TPSA) is 79.0 Å². The van der Waals surface area contributed by atoms with Crippen LogP contribution in [-0.4, -0.2) is 11.9 Å². The first-order chi connectivity index (χ1) is 6.63. The van der Waals surface area contributed by atoms with Crippen LogP contribution < -0.4 is 11.1 Å². The molecule has 1 amide bonds. The largest absolute Gasteiger partial charge is 0.370 e. The molecule has 0 fully saturated rings. The van der Waals surface area contributed by atoms with Gasteiger partial charge in [-0.3, -0.25) is 15.5 Å². The molecule has 14 heavy (non-hydrogen) atoms. The highest BCUT2D eigenvalue weighted by Crippen LogP contribution is 2.06. The molecular weight excluding hydrogens is 202 g/mol. The maximum atomic E-state index is 11.3. The van der Waals surface area contributed by atoms with Crippen molar-refractivity contribution in [1.29, 1.82) is 5.41 Å². The van der Waals surface area contributed by atoms with Crippen LogP contribution in [0.3, 0.4) is 0 Å². The van der Waals surface area contributed by atoms with Gasteiger partial charge in [-0.05, 0) is 17.7 Å². The van der Waals surface area contributed by atoms with Gasteiger partial charge in [-0.25, -0.2) is 0 Å². The fourth-order valence-electron chi connectivity index (χ4n) is 0.940. The smallest absolute Gasteiger partial charge is 0.257 e. The van der Waals surface area contributed by atoms with E-state index >= 15 is 0 Å². The Kier molecular flexibility index (Phi) is 3.48. The number of amides is 1. The molecule has 0 unspecified atom stereocenters. The Morgan fingerprint density at radius 3 is 2.43 bits per heavy atom. The van der Waals surface area contributed by atoms with Gasteiger partial charge in [0, 0.05) is 11.4 Å². The summed E-state index contributed by atoms with van der Waals surface area (Å²) in [4.78, 5) is 11.3. The average molecular weight is 212 g/mol. The van der Waals surface area contributed by atoms with Crippen molar-refractivity contribution in [2.45, 2.75) is 5.88 Å². The van der Waals surface area contributed by atoms with E-state index in [0.29, 0.717) is 11.4 Å². The SMILES string of the molecule is N=C(N)NC(=O)c1ccc(CCl)cc1. The van der Waals surface area contributed by atoms with E-state index in [-0.39, 0.29) is 5.96 Å². The summed E-state index contributed by atoms with van der Waals surface area (Å²) >= 11 is 5.59. The number of hydrogen-bond acceptors (Lipinski definition) is 2. The highest BCUT2D eigenvalue weighted by atomic mass is 35.5. The maximum absolute atomic E-state index is 11.3. The van der Waals surface area contributed by atoms with Crippen molar-refractivity contribution < 1.29 is 4.79 Å². The van der Waals surface area contributed by atoms with Gasteiger partial charge in [0.1, 0.15) is 0 Å². The van der Waals surface area contributed by atoms with Crippen LogP contribution in [0.25, 0.3) is 0 Å². The van der Waals surface area contributed by atoms with E-state index in [2.05, 4.69) is 5.32 Å². The van der Waals surface area contributed by atoms with Crippen molar-refractivity contribution in [3.8, 4) is 0 Å². The van der Waals surface area contributed by atoms with Crippen molar-refractivity contribution in [2.75, 3.05) is 0 Å². The van der Waals surface area contributed by atoms with E-state index in [1.54, 1.807) is 24.3 Å². The van der Waals surface area contributed by atoms with E-state index in [0.717, 1.165) is 5.56 Å². The Labute approximate surface area is 86.6 Å². The van der Waals surface area contributed by atoms with Crippen molar-refractivity contribution in [3.05, 3.63) is 35.4 Å². The van der Waals surface area contributed by atoms with E-state index in [4.69, 9.17) is 22.7 Å². The molecule has 1 aromatic rings. The van der Waals surface area contributed by atoms with E-state index in [1.807, 2.05) is 0 Å². The summed E-state index contributed by atoms with van der Waals surface area (Å²) in [5.41, 5.74) is 6.41. The molecule has 0 aliphatic rings. The van der Waals surface area contributed by atoms with Crippen LogP contribution >= 0.6 is 11.6 Å². The van der Waals surface area contributed by atoms with Gasteiger partial charge in [0.05, 0.1) is 0 Å². The van der Waals surface area contributed by atoms with Gasteiger partial charge in [0.15, 0.2) is 5.96 Å². The van der Waals surface area contributed by atoms with Crippen molar-refractivity contribution >= 4 is 23.5 Å². The number of guanidine groups is 1. The van der Waals surface area contributed by atoms with Gasteiger partial charge in [-0.1, -0.05) is 12.1 Å². The zero-order chi connectivity index (χ0) is 10.6. The Morgan fingerprint density at radius 1 is 1.43 bits per heavy atom. The second kappa shape index (κ2) is 4.62. The molecule has 1 aromatic carbocycles. The number of carbonyl (C=O) groups excluding carboxylic acids is 1. The first kappa shape index (κ1) is 10.5. The monoisotopic (exact) mass is 211 g/mol. The molecule has 0 aromatic heterocycles. The van der Waals surface area contributed by atoms with E-state index in [9.17, 15) is 4.79 Å². The van der Waals surface area contributed by atoms with Crippen LogP contribution in [0, 0.1) is 5.41 Å². The van der Waals surface area contributed by atoms with Crippen LogP contribution in [0.15, 0.2) is 24.3 Å². The van der Waals surface area contributed by atoms with E-state index < -0.39 is 5.91 Å². The maximum Gasteiger partial charge on any atom is 0.257 e. The Balaban J connectivity index is 2.76. The first-order valence-corrected chi connectivity index (χ1v) is 4.47. The quantitative estimate of drug-likeness (QED) is 0.388. The number of hydrogen-bond donors (Lipinski definition) is 3. The standard InChI is InChI=1S/C9H10ClN3O/c10-5-6-1-3-7(4-2-6)8(14)13-9(11)12/h1-4H,5H2,(H4,11,12,13,14). The molecule has 0 atom stereocenters. The number of alkyl halides is 1. The van der Waals surface area contributed by atoms with Crippen molar-refractivity contribution in [3.63, 3.8) is 0 Å². The van der Waals surface area contributed by atoms with Crippen LogP contribution in [0.2, 0.25) is 0 Å². The molecule has 74 valence electrons. The molecule has 5 heteroatoms. The second-order valence-electron chi connectivity index (χ2n) is 2.70. The number of benzene rings is 1. The van der Waals surface area contributed by atoms with Gasteiger partial charge in [-0.2, -0.15) is 0 Å².